The second-order valence-electron chi connectivity index (χ2n) is 7.38. The number of anilines is 1. The first-order valence-corrected chi connectivity index (χ1v) is 11.2. The second-order valence-corrected chi connectivity index (χ2v) is 8.80. The number of hydrogen-bond acceptors (Lipinski definition) is 7. The van der Waals surface area contributed by atoms with E-state index in [9.17, 15) is 28.0 Å². The lowest BCUT2D eigenvalue weighted by Gasteiger charge is -2.14. The van der Waals surface area contributed by atoms with E-state index in [4.69, 9.17) is 0 Å². The third kappa shape index (κ3) is 4.09. The summed E-state index contributed by atoms with van der Waals surface area (Å²) in [4.78, 5) is 12.4. The first kappa shape index (κ1) is 22.2. The third-order valence-corrected chi connectivity index (χ3v) is 6.13. The molecule has 9 nitrogen and oxygen atoms in total. The Bertz CT molecular complexity index is 1550. The van der Waals surface area contributed by atoms with E-state index in [1.54, 1.807) is 55.6 Å². The monoisotopic (exact) mass is 465 g/mol. The minimum Gasteiger partial charge on any atom is -0.507 e. The summed E-state index contributed by atoms with van der Waals surface area (Å²) in [6.07, 6.45) is 0. The highest BCUT2D eigenvalue weighted by atomic mass is 32.2. The highest BCUT2D eigenvalue weighted by molar-refractivity contribution is 7.85. The van der Waals surface area contributed by atoms with Crippen molar-refractivity contribution < 1.29 is 28.0 Å². The highest BCUT2D eigenvalue weighted by Gasteiger charge is 2.21. The number of rotatable bonds is 4. The van der Waals surface area contributed by atoms with Crippen LogP contribution in [0, 0.1) is 0 Å². The van der Waals surface area contributed by atoms with Gasteiger partial charge in [-0.2, -0.15) is 13.5 Å². The van der Waals surface area contributed by atoms with Crippen LogP contribution in [0.4, 0.5) is 17.1 Å². The normalized spacial score (nSPS) is 12.0. The molecule has 0 heterocycles. The summed E-state index contributed by atoms with van der Waals surface area (Å²) in [5.74, 6) is -0.620. The Kier molecular flexibility index (Phi) is 5.48. The SMILES string of the molecule is CC(=O)N(C)c1ccc(N=Nc2cc(S(=O)(=O)O)cc3c(O)c4ccccc4c(O)c23)cc1. The van der Waals surface area contributed by atoms with E-state index in [-0.39, 0.29) is 33.9 Å². The number of aromatic hydroxyl groups is 2. The van der Waals surface area contributed by atoms with Crippen LogP contribution in [0.1, 0.15) is 6.92 Å². The van der Waals surface area contributed by atoms with Crippen molar-refractivity contribution in [2.75, 3.05) is 11.9 Å². The molecule has 0 spiro atoms. The fourth-order valence-corrected chi connectivity index (χ4v) is 4.00. The topological polar surface area (TPSA) is 140 Å². The molecule has 4 rings (SSSR count). The van der Waals surface area contributed by atoms with Gasteiger partial charge in [-0.1, -0.05) is 24.3 Å². The molecule has 0 saturated carbocycles. The van der Waals surface area contributed by atoms with Crippen molar-refractivity contribution in [2.24, 2.45) is 10.2 Å². The van der Waals surface area contributed by atoms with Crippen molar-refractivity contribution in [3.8, 4) is 11.5 Å². The molecular formula is C23H19N3O6S. The van der Waals surface area contributed by atoms with Crippen molar-refractivity contribution in [2.45, 2.75) is 11.8 Å². The lowest BCUT2D eigenvalue weighted by atomic mass is 9.99. The molecule has 4 aromatic rings. The van der Waals surface area contributed by atoms with E-state index in [1.807, 2.05) is 0 Å². The molecule has 168 valence electrons. The van der Waals surface area contributed by atoms with Crippen molar-refractivity contribution in [1.29, 1.82) is 0 Å². The average molecular weight is 465 g/mol. The Morgan fingerprint density at radius 3 is 2.06 bits per heavy atom. The molecule has 0 atom stereocenters. The van der Waals surface area contributed by atoms with Gasteiger partial charge in [-0.25, -0.2) is 0 Å². The molecule has 0 fully saturated rings. The van der Waals surface area contributed by atoms with Gasteiger partial charge in [0.2, 0.25) is 5.91 Å². The minimum absolute atomic E-state index is 0.00583. The molecular weight excluding hydrogens is 446 g/mol. The lowest BCUT2D eigenvalue weighted by molar-refractivity contribution is -0.116. The summed E-state index contributed by atoms with van der Waals surface area (Å²) in [6.45, 7) is 1.44. The van der Waals surface area contributed by atoms with Crippen molar-refractivity contribution in [3.63, 3.8) is 0 Å². The Hall–Kier alpha value is -4.02. The third-order valence-electron chi connectivity index (χ3n) is 5.30. The van der Waals surface area contributed by atoms with Crippen LogP contribution in [0.2, 0.25) is 0 Å². The maximum absolute atomic E-state index is 11.8. The first-order chi connectivity index (χ1) is 15.6. The lowest BCUT2D eigenvalue weighted by Crippen LogP contribution is -2.22. The van der Waals surface area contributed by atoms with Gasteiger partial charge in [-0.3, -0.25) is 9.35 Å². The molecule has 0 aliphatic heterocycles. The van der Waals surface area contributed by atoms with Gasteiger partial charge in [0.15, 0.2) is 0 Å². The number of azo groups is 1. The molecule has 3 N–H and O–H groups in total. The first-order valence-electron chi connectivity index (χ1n) is 9.72. The van der Waals surface area contributed by atoms with E-state index in [1.165, 1.54) is 11.8 Å². The number of phenols is 2. The molecule has 0 aliphatic rings. The molecule has 0 saturated heterocycles. The number of carbonyl (C=O) groups is 1. The van der Waals surface area contributed by atoms with E-state index in [2.05, 4.69) is 10.2 Å². The molecule has 0 bridgehead atoms. The van der Waals surface area contributed by atoms with Crippen molar-refractivity contribution in [1.82, 2.24) is 0 Å². The Morgan fingerprint density at radius 1 is 0.879 bits per heavy atom. The quantitative estimate of drug-likeness (QED) is 0.167. The molecule has 4 aromatic carbocycles. The number of benzene rings is 4. The predicted molar refractivity (Wildman–Crippen MR) is 124 cm³/mol. The maximum Gasteiger partial charge on any atom is 0.294 e. The van der Waals surface area contributed by atoms with Gasteiger partial charge in [0.25, 0.3) is 10.1 Å². The molecule has 1 amide bonds. The second kappa shape index (κ2) is 8.15. The van der Waals surface area contributed by atoms with Crippen molar-refractivity contribution in [3.05, 3.63) is 60.7 Å². The molecule has 0 unspecified atom stereocenters. The fraction of sp³-hybridized carbons (Fsp3) is 0.0870. The van der Waals surface area contributed by atoms with Crippen LogP contribution in [0.5, 0.6) is 11.5 Å². The number of amides is 1. The van der Waals surface area contributed by atoms with Gasteiger partial charge >= 0.3 is 0 Å². The van der Waals surface area contributed by atoms with Gasteiger partial charge in [0, 0.05) is 35.8 Å². The largest absolute Gasteiger partial charge is 0.507 e. The van der Waals surface area contributed by atoms with Crippen LogP contribution in [0.3, 0.4) is 0 Å². The number of fused-ring (bicyclic) bond motifs is 2. The summed E-state index contributed by atoms with van der Waals surface area (Å²) in [6, 6.07) is 15.2. The summed E-state index contributed by atoms with van der Waals surface area (Å²) in [7, 11) is -3.01. The van der Waals surface area contributed by atoms with Crippen LogP contribution < -0.4 is 4.90 Å². The molecule has 0 aromatic heterocycles. The van der Waals surface area contributed by atoms with E-state index in [0.29, 0.717) is 22.1 Å². The van der Waals surface area contributed by atoms with Crippen LogP contribution >= 0.6 is 0 Å². The standard InChI is InChI=1S/C23H19N3O6S/c1-13(27)26(2)15-9-7-14(8-10-15)24-25-20-12-16(33(30,31)32)11-19-21(20)23(29)18-6-4-3-5-17(18)22(19)28/h3-12,28-29H,1-2H3,(H,30,31,32). The Balaban J connectivity index is 1.91. The number of nitrogens with zero attached hydrogens (tertiary/aromatic N) is 3. The maximum atomic E-state index is 11.8. The summed E-state index contributed by atoms with van der Waals surface area (Å²) in [5.41, 5.74) is 0.975. The zero-order valence-electron chi connectivity index (χ0n) is 17.6. The molecule has 0 aliphatic carbocycles. The van der Waals surface area contributed by atoms with Crippen LogP contribution in [0.25, 0.3) is 21.5 Å². The average Bonchev–Trinajstić information content (AvgIpc) is 2.79. The van der Waals surface area contributed by atoms with Crippen LogP contribution in [-0.4, -0.2) is 36.1 Å². The smallest absolute Gasteiger partial charge is 0.294 e. The summed E-state index contributed by atoms with van der Waals surface area (Å²) < 4.78 is 33.2. The van der Waals surface area contributed by atoms with E-state index < -0.39 is 15.0 Å². The Labute approximate surface area is 189 Å². The molecule has 33 heavy (non-hydrogen) atoms. The van der Waals surface area contributed by atoms with Gasteiger partial charge in [0.1, 0.15) is 11.5 Å². The zero-order chi connectivity index (χ0) is 23.9. The Morgan fingerprint density at radius 2 is 1.48 bits per heavy atom. The summed E-state index contributed by atoms with van der Waals surface area (Å²) >= 11 is 0. The molecule has 0 radical (unpaired) electrons. The van der Waals surface area contributed by atoms with Crippen LogP contribution in [0.15, 0.2) is 75.8 Å². The van der Waals surface area contributed by atoms with Crippen molar-refractivity contribution >= 4 is 54.6 Å². The fourth-order valence-electron chi connectivity index (χ4n) is 3.48. The van der Waals surface area contributed by atoms with Gasteiger partial charge in [0.05, 0.1) is 21.7 Å². The zero-order valence-corrected chi connectivity index (χ0v) is 18.4. The van der Waals surface area contributed by atoms with Gasteiger partial charge < -0.3 is 15.1 Å². The number of hydrogen-bond donors (Lipinski definition) is 3. The number of phenolic OH excluding ortho intramolecular Hbond substituents is 2. The molecule has 10 heteroatoms. The van der Waals surface area contributed by atoms with Crippen LogP contribution in [-0.2, 0) is 14.9 Å². The van der Waals surface area contributed by atoms with Gasteiger partial charge in [-0.15, -0.1) is 5.11 Å². The van der Waals surface area contributed by atoms with Gasteiger partial charge in [-0.05, 0) is 36.4 Å². The van der Waals surface area contributed by atoms with E-state index in [0.717, 1.165) is 12.1 Å². The number of carbonyl (C=O) groups excluding carboxylic acids is 1. The van der Waals surface area contributed by atoms with E-state index >= 15 is 0 Å². The highest BCUT2D eigenvalue weighted by Crippen LogP contribution is 2.46. The minimum atomic E-state index is -4.64. The summed E-state index contributed by atoms with van der Waals surface area (Å²) in [5, 5.41) is 30.6. The predicted octanol–water partition coefficient (Wildman–Crippen LogP) is 5.05.